The number of thiocarbonyl (C=S) groups is 1. The molecule has 0 aliphatic carbocycles. The van der Waals surface area contributed by atoms with Crippen LogP contribution in [0.3, 0.4) is 0 Å². The van der Waals surface area contributed by atoms with E-state index < -0.39 is 24.4 Å². The lowest BCUT2D eigenvalue weighted by Gasteiger charge is -2.29. The van der Waals surface area contributed by atoms with Crippen LogP contribution in [0.2, 0.25) is 0 Å². The number of nitrogens with zero attached hydrogens (tertiary/aromatic N) is 1. The maximum atomic E-state index is 13.1. The summed E-state index contributed by atoms with van der Waals surface area (Å²) in [6.07, 6.45) is 1.38. The van der Waals surface area contributed by atoms with Gasteiger partial charge < -0.3 is 24.1 Å². The summed E-state index contributed by atoms with van der Waals surface area (Å²) < 4.78 is 15.4. The van der Waals surface area contributed by atoms with E-state index in [0.717, 1.165) is 0 Å². The van der Waals surface area contributed by atoms with Crippen LogP contribution in [0.4, 0.5) is 5.69 Å². The lowest BCUT2D eigenvalue weighted by atomic mass is 10.1. The largest absolute Gasteiger partial charge is 0.546 e. The molecule has 0 saturated carbocycles. The van der Waals surface area contributed by atoms with Crippen LogP contribution in [0, 0.1) is 0 Å². The van der Waals surface area contributed by atoms with Gasteiger partial charge in [0.2, 0.25) is 0 Å². The number of methoxy groups -OCH3 is 2. The van der Waals surface area contributed by atoms with Crippen molar-refractivity contribution < 1.29 is 33.7 Å². The zero-order valence-electron chi connectivity index (χ0n) is 16.5. The second-order valence-corrected chi connectivity index (χ2v) is 6.61. The summed E-state index contributed by atoms with van der Waals surface area (Å²) >= 11 is 5.17. The van der Waals surface area contributed by atoms with Gasteiger partial charge in [-0.1, -0.05) is 6.07 Å². The summed E-state index contributed by atoms with van der Waals surface area (Å²) in [5.41, 5.74) is 0.777. The number of carbonyl (C=O) groups is 3. The number of anilines is 1. The van der Waals surface area contributed by atoms with Crippen molar-refractivity contribution in [2.24, 2.45) is 0 Å². The molecular formula is C21H17N2O7S-. The van der Waals surface area contributed by atoms with Gasteiger partial charge in [-0.25, -0.2) is 0 Å². The fraction of sp³-hybridized carbons (Fsp3) is 0.143. The number of carboxylic acids is 1. The van der Waals surface area contributed by atoms with Crippen molar-refractivity contribution in [1.82, 2.24) is 5.32 Å². The number of hydrogen-bond acceptors (Lipinski definition) is 8. The van der Waals surface area contributed by atoms with Crippen LogP contribution in [0.25, 0.3) is 6.08 Å². The monoisotopic (exact) mass is 441 g/mol. The van der Waals surface area contributed by atoms with Gasteiger partial charge in [0.25, 0.3) is 11.8 Å². The fourth-order valence-corrected chi connectivity index (χ4v) is 3.10. The number of hydrogen-bond donors (Lipinski definition) is 1. The smallest absolute Gasteiger partial charge is 0.270 e. The molecule has 1 heterocycles. The summed E-state index contributed by atoms with van der Waals surface area (Å²) in [5, 5.41) is 13.1. The number of rotatable bonds is 7. The summed E-state index contributed by atoms with van der Waals surface area (Å²) in [4.78, 5) is 37.3. The molecule has 0 atom stereocenters. The highest BCUT2D eigenvalue weighted by molar-refractivity contribution is 7.80. The first-order chi connectivity index (χ1) is 14.8. The summed E-state index contributed by atoms with van der Waals surface area (Å²) in [6.45, 7) is -0.647. The van der Waals surface area contributed by atoms with Crippen LogP contribution in [-0.2, 0) is 14.4 Å². The van der Waals surface area contributed by atoms with E-state index >= 15 is 0 Å². The van der Waals surface area contributed by atoms with Crippen molar-refractivity contribution in [3.63, 3.8) is 0 Å². The van der Waals surface area contributed by atoms with Crippen LogP contribution in [0.15, 0.2) is 48.0 Å². The van der Waals surface area contributed by atoms with E-state index in [1.807, 2.05) is 0 Å². The minimum atomic E-state index is -1.38. The SMILES string of the molecule is COc1ccc(N2C(=O)/C(=C/c3ccc(OCC(=O)[O-])c(OC)c3)C(=O)NC2=S)cc1. The van der Waals surface area contributed by atoms with E-state index in [2.05, 4.69) is 5.32 Å². The van der Waals surface area contributed by atoms with Crippen molar-refractivity contribution in [1.29, 1.82) is 0 Å². The lowest BCUT2D eigenvalue weighted by Crippen LogP contribution is -2.54. The zero-order chi connectivity index (χ0) is 22.5. The first-order valence-corrected chi connectivity index (χ1v) is 9.31. The summed E-state index contributed by atoms with van der Waals surface area (Å²) in [5.74, 6) is -1.62. The third-order valence-corrected chi connectivity index (χ3v) is 4.56. The molecular weight excluding hydrogens is 424 g/mol. The van der Waals surface area contributed by atoms with Gasteiger partial charge in [0, 0.05) is 0 Å². The Kier molecular flexibility index (Phi) is 6.51. The van der Waals surface area contributed by atoms with Crippen molar-refractivity contribution in [2.45, 2.75) is 0 Å². The van der Waals surface area contributed by atoms with Crippen LogP contribution < -0.4 is 29.5 Å². The molecule has 0 aromatic heterocycles. The summed E-state index contributed by atoms with van der Waals surface area (Å²) in [7, 11) is 2.90. The molecule has 0 unspecified atom stereocenters. The van der Waals surface area contributed by atoms with Crippen molar-refractivity contribution in [3.8, 4) is 17.2 Å². The van der Waals surface area contributed by atoms with Crippen molar-refractivity contribution in [2.75, 3.05) is 25.7 Å². The average molecular weight is 441 g/mol. The molecule has 10 heteroatoms. The highest BCUT2D eigenvalue weighted by Gasteiger charge is 2.34. The first-order valence-electron chi connectivity index (χ1n) is 8.90. The van der Waals surface area contributed by atoms with Crippen LogP contribution in [0.1, 0.15) is 5.56 Å². The van der Waals surface area contributed by atoms with Gasteiger partial charge in [-0.2, -0.15) is 0 Å². The molecule has 1 saturated heterocycles. The molecule has 2 amide bonds. The Bertz CT molecular complexity index is 1080. The van der Waals surface area contributed by atoms with Crippen molar-refractivity contribution in [3.05, 3.63) is 53.6 Å². The Labute approximate surface area is 182 Å². The summed E-state index contributed by atoms with van der Waals surface area (Å²) in [6, 6.07) is 11.1. The first kappa shape index (κ1) is 21.8. The molecule has 3 rings (SSSR count). The number of carbonyl (C=O) groups excluding carboxylic acids is 3. The second-order valence-electron chi connectivity index (χ2n) is 6.23. The normalized spacial score (nSPS) is 15.0. The van der Waals surface area contributed by atoms with Crippen LogP contribution in [0.5, 0.6) is 17.2 Å². The molecule has 160 valence electrons. The zero-order valence-corrected chi connectivity index (χ0v) is 17.4. The molecule has 0 bridgehead atoms. The third kappa shape index (κ3) is 4.81. The molecule has 0 spiro atoms. The van der Waals surface area contributed by atoms with E-state index in [1.165, 1.54) is 37.3 Å². The minimum Gasteiger partial charge on any atom is -0.546 e. The molecule has 2 aromatic carbocycles. The predicted molar refractivity (Wildman–Crippen MR) is 113 cm³/mol. The van der Waals surface area contributed by atoms with Gasteiger partial charge >= 0.3 is 0 Å². The van der Waals surface area contributed by atoms with Gasteiger partial charge in [0.05, 0.1) is 25.9 Å². The molecule has 31 heavy (non-hydrogen) atoms. The van der Waals surface area contributed by atoms with E-state index in [1.54, 1.807) is 30.3 Å². The molecule has 2 aromatic rings. The number of aliphatic carboxylic acids is 1. The maximum Gasteiger partial charge on any atom is 0.270 e. The van der Waals surface area contributed by atoms with E-state index in [0.29, 0.717) is 17.0 Å². The molecule has 9 nitrogen and oxygen atoms in total. The Morgan fingerprint density at radius 1 is 1.10 bits per heavy atom. The predicted octanol–water partition coefficient (Wildman–Crippen LogP) is 0.664. The quantitative estimate of drug-likeness (QED) is 0.378. The highest BCUT2D eigenvalue weighted by Crippen LogP contribution is 2.30. The molecule has 1 aliphatic heterocycles. The van der Waals surface area contributed by atoms with E-state index in [4.69, 9.17) is 26.4 Å². The van der Waals surface area contributed by atoms with Gasteiger partial charge in [-0.15, -0.1) is 0 Å². The van der Waals surface area contributed by atoms with E-state index in [9.17, 15) is 19.5 Å². The Morgan fingerprint density at radius 3 is 2.42 bits per heavy atom. The number of carboxylic acid groups (broad SMARTS) is 1. The third-order valence-electron chi connectivity index (χ3n) is 4.28. The van der Waals surface area contributed by atoms with Crippen LogP contribution in [-0.4, -0.2) is 43.7 Å². The Balaban J connectivity index is 1.92. The highest BCUT2D eigenvalue weighted by atomic mass is 32.1. The van der Waals surface area contributed by atoms with Crippen molar-refractivity contribution >= 4 is 46.9 Å². The van der Waals surface area contributed by atoms with Gasteiger partial charge in [-0.3, -0.25) is 19.8 Å². The Morgan fingerprint density at radius 2 is 1.81 bits per heavy atom. The fourth-order valence-electron chi connectivity index (χ4n) is 2.82. The topological polar surface area (TPSA) is 117 Å². The molecule has 1 fully saturated rings. The number of ether oxygens (including phenoxy) is 3. The molecule has 0 radical (unpaired) electrons. The van der Waals surface area contributed by atoms with Gasteiger partial charge in [-0.05, 0) is 60.3 Å². The second kappa shape index (κ2) is 9.26. The molecule has 1 N–H and O–H groups in total. The maximum absolute atomic E-state index is 13.1. The standard InChI is InChI=1S/C21H18N2O7S/c1-28-14-6-4-13(5-7-14)23-20(27)15(19(26)22-21(23)31)9-12-3-8-16(17(10-12)29-2)30-11-18(24)25/h3-10H,11H2,1-2H3,(H,24,25)(H,22,26,31)/p-1/b15-9+. The number of amides is 2. The van der Waals surface area contributed by atoms with Crippen LogP contribution >= 0.6 is 12.2 Å². The molecule has 1 aliphatic rings. The van der Waals surface area contributed by atoms with Gasteiger partial charge in [0.15, 0.2) is 16.6 Å². The van der Waals surface area contributed by atoms with Gasteiger partial charge in [0.1, 0.15) is 17.9 Å². The number of benzene rings is 2. The lowest BCUT2D eigenvalue weighted by molar-refractivity contribution is -0.307. The average Bonchev–Trinajstić information content (AvgIpc) is 2.75. The Hall–Kier alpha value is -3.92. The van der Waals surface area contributed by atoms with E-state index in [-0.39, 0.29) is 22.2 Å². The number of nitrogens with one attached hydrogen (secondary N) is 1. The minimum absolute atomic E-state index is 0.0408.